The molecule has 142 valence electrons. The topological polar surface area (TPSA) is 26.3 Å². The monoisotopic (exact) mass is 362 g/mol. The van der Waals surface area contributed by atoms with Crippen LogP contribution < -0.4 is 0 Å². The number of hydrogen-bond acceptors (Lipinski definition) is 2. The Bertz CT molecular complexity index is 934. The van der Waals surface area contributed by atoms with Crippen molar-refractivity contribution < 1.29 is 9.53 Å². The van der Waals surface area contributed by atoms with Gasteiger partial charge in [0.1, 0.15) is 5.60 Å². The quantitative estimate of drug-likeness (QED) is 0.361. The molecule has 2 heteroatoms. The third kappa shape index (κ3) is 5.09. The number of ether oxygens (including phenoxy) is 1. The summed E-state index contributed by atoms with van der Waals surface area (Å²) >= 11 is 0. The van der Waals surface area contributed by atoms with Crippen molar-refractivity contribution in [2.75, 3.05) is 0 Å². The number of carbonyl (C=O) groups excluding carboxylic acids is 1. The molecule has 3 rings (SSSR count). The predicted octanol–water partition coefficient (Wildman–Crippen LogP) is 6.68. The van der Waals surface area contributed by atoms with Gasteiger partial charge >= 0.3 is 5.97 Å². The lowest BCUT2D eigenvalue weighted by molar-refractivity contribution is -0.155. The Kier molecular flexibility index (Phi) is 5.84. The molecule has 3 aromatic carbocycles. The van der Waals surface area contributed by atoms with Crippen LogP contribution >= 0.6 is 0 Å². The zero-order valence-corrected chi connectivity index (χ0v) is 16.9. The summed E-state index contributed by atoms with van der Waals surface area (Å²) in [6.45, 7) is 7.97. The van der Waals surface area contributed by atoms with E-state index >= 15 is 0 Å². The third-order valence-electron chi connectivity index (χ3n) is 5.10. The number of rotatable bonds is 6. The molecule has 3 aromatic rings. The maximum absolute atomic E-state index is 12.1. The highest BCUT2D eigenvalue weighted by molar-refractivity contribution is 5.99. The Balaban J connectivity index is 1.77. The van der Waals surface area contributed by atoms with Crippen LogP contribution in [0.2, 0.25) is 0 Å². The predicted molar refractivity (Wildman–Crippen MR) is 114 cm³/mol. The van der Waals surface area contributed by atoms with Crippen LogP contribution in [0.1, 0.15) is 52.5 Å². The van der Waals surface area contributed by atoms with Crippen molar-refractivity contribution in [1.82, 2.24) is 0 Å². The van der Waals surface area contributed by atoms with Crippen molar-refractivity contribution in [3.8, 4) is 0 Å². The van der Waals surface area contributed by atoms with Crippen molar-refractivity contribution in [2.45, 2.75) is 59.0 Å². The molecule has 0 aliphatic rings. The molecule has 0 heterocycles. The van der Waals surface area contributed by atoms with Crippen LogP contribution in [0.5, 0.6) is 0 Å². The van der Waals surface area contributed by atoms with Crippen LogP contribution in [0, 0.1) is 5.92 Å². The van der Waals surface area contributed by atoms with E-state index in [1.165, 1.54) is 27.1 Å². The minimum atomic E-state index is -0.407. The van der Waals surface area contributed by atoms with Crippen molar-refractivity contribution >= 4 is 27.5 Å². The third-order valence-corrected chi connectivity index (χ3v) is 5.10. The SMILES string of the molecule is CCC(CCC(=O)OC(C)(C)C)Cc1cccc2cc3ccccc3cc12. The van der Waals surface area contributed by atoms with E-state index in [2.05, 4.69) is 61.5 Å². The summed E-state index contributed by atoms with van der Waals surface area (Å²) in [5.41, 5.74) is 0.962. The summed E-state index contributed by atoms with van der Waals surface area (Å²) < 4.78 is 5.46. The molecule has 0 amide bonds. The molecule has 0 bridgehead atoms. The van der Waals surface area contributed by atoms with Gasteiger partial charge in [0.05, 0.1) is 0 Å². The van der Waals surface area contributed by atoms with E-state index in [0.717, 1.165) is 19.3 Å². The van der Waals surface area contributed by atoms with Crippen LogP contribution in [0.4, 0.5) is 0 Å². The lowest BCUT2D eigenvalue weighted by Gasteiger charge is -2.21. The number of hydrogen-bond donors (Lipinski definition) is 0. The first-order valence-corrected chi connectivity index (χ1v) is 9.98. The van der Waals surface area contributed by atoms with Crippen LogP contribution in [0.3, 0.4) is 0 Å². The molecule has 0 radical (unpaired) electrons. The average molecular weight is 363 g/mol. The number of carbonyl (C=O) groups is 1. The second-order valence-electron chi connectivity index (χ2n) is 8.44. The molecule has 2 nitrogen and oxygen atoms in total. The molecule has 0 aromatic heterocycles. The molecule has 0 N–H and O–H groups in total. The molecule has 0 aliphatic heterocycles. The molecule has 1 atom stereocenters. The van der Waals surface area contributed by atoms with E-state index in [1.807, 2.05) is 20.8 Å². The zero-order valence-electron chi connectivity index (χ0n) is 16.9. The fourth-order valence-corrected chi connectivity index (χ4v) is 3.69. The van der Waals surface area contributed by atoms with Crippen molar-refractivity contribution in [2.24, 2.45) is 5.92 Å². The van der Waals surface area contributed by atoms with Gasteiger partial charge in [-0.25, -0.2) is 0 Å². The average Bonchev–Trinajstić information content (AvgIpc) is 2.62. The molecule has 0 saturated carbocycles. The van der Waals surface area contributed by atoms with E-state index in [9.17, 15) is 4.79 Å². The second kappa shape index (κ2) is 8.12. The zero-order chi connectivity index (χ0) is 19.4. The van der Waals surface area contributed by atoms with E-state index in [-0.39, 0.29) is 5.97 Å². The van der Waals surface area contributed by atoms with Crippen molar-refractivity contribution in [1.29, 1.82) is 0 Å². The van der Waals surface area contributed by atoms with Gasteiger partial charge in [-0.3, -0.25) is 4.79 Å². The fraction of sp³-hybridized carbons (Fsp3) is 0.400. The molecule has 1 unspecified atom stereocenters. The normalized spacial score (nSPS) is 13.0. The van der Waals surface area contributed by atoms with Crippen LogP contribution in [-0.2, 0) is 16.0 Å². The van der Waals surface area contributed by atoms with E-state index < -0.39 is 5.60 Å². The maximum atomic E-state index is 12.1. The van der Waals surface area contributed by atoms with Gasteiger partial charge in [0, 0.05) is 6.42 Å². The van der Waals surface area contributed by atoms with Gasteiger partial charge in [-0.05, 0) is 78.8 Å². The summed E-state index contributed by atoms with van der Waals surface area (Å²) in [4.78, 5) is 12.1. The minimum Gasteiger partial charge on any atom is -0.460 e. The summed E-state index contributed by atoms with van der Waals surface area (Å²) in [6, 6.07) is 19.7. The van der Waals surface area contributed by atoms with E-state index in [0.29, 0.717) is 12.3 Å². The van der Waals surface area contributed by atoms with Gasteiger partial charge < -0.3 is 4.74 Å². The van der Waals surface area contributed by atoms with E-state index in [1.54, 1.807) is 0 Å². The summed E-state index contributed by atoms with van der Waals surface area (Å²) in [6.07, 6.45) is 3.42. The van der Waals surface area contributed by atoms with Crippen LogP contribution in [-0.4, -0.2) is 11.6 Å². The molecule has 27 heavy (non-hydrogen) atoms. The molecule has 0 aliphatic carbocycles. The first-order valence-electron chi connectivity index (χ1n) is 9.98. The molecular weight excluding hydrogens is 332 g/mol. The van der Waals surface area contributed by atoms with Crippen molar-refractivity contribution in [3.05, 3.63) is 60.2 Å². The fourth-order valence-electron chi connectivity index (χ4n) is 3.69. The first-order chi connectivity index (χ1) is 12.9. The number of benzene rings is 3. The lowest BCUT2D eigenvalue weighted by Crippen LogP contribution is -2.24. The Morgan fingerprint density at radius 1 is 0.963 bits per heavy atom. The van der Waals surface area contributed by atoms with Crippen molar-refractivity contribution in [3.63, 3.8) is 0 Å². The highest BCUT2D eigenvalue weighted by Gasteiger charge is 2.18. The van der Waals surface area contributed by atoms with Crippen LogP contribution in [0.25, 0.3) is 21.5 Å². The highest BCUT2D eigenvalue weighted by atomic mass is 16.6. The Labute approximate surface area is 162 Å². The van der Waals surface area contributed by atoms with Gasteiger partial charge in [-0.2, -0.15) is 0 Å². The Morgan fingerprint density at radius 2 is 1.63 bits per heavy atom. The summed E-state index contributed by atoms with van der Waals surface area (Å²) in [7, 11) is 0. The lowest BCUT2D eigenvalue weighted by atomic mass is 9.89. The largest absolute Gasteiger partial charge is 0.460 e. The highest BCUT2D eigenvalue weighted by Crippen LogP contribution is 2.28. The van der Waals surface area contributed by atoms with E-state index in [4.69, 9.17) is 4.74 Å². The smallest absolute Gasteiger partial charge is 0.306 e. The Morgan fingerprint density at radius 3 is 2.30 bits per heavy atom. The van der Waals surface area contributed by atoms with Gasteiger partial charge in [0.2, 0.25) is 0 Å². The summed E-state index contributed by atoms with van der Waals surface area (Å²) in [5.74, 6) is 0.388. The molecule has 0 spiro atoms. The maximum Gasteiger partial charge on any atom is 0.306 e. The standard InChI is InChI=1S/C25H30O2/c1-5-18(13-14-24(26)27-25(2,3)4)15-21-11-8-12-22-16-19-9-6-7-10-20(19)17-23(21)22/h6-12,16-18H,5,13-15H2,1-4H3. The minimum absolute atomic E-state index is 0.0927. The van der Waals surface area contributed by atoms with Gasteiger partial charge in [0.15, 0.2) is 0 Å². The molecular formula is C25H30O2. The number of fused-ring (bicyclic) bond motifs is 2. The first kappa shape index (κ1) is 19.4. The molecule has 0 saturated heterocycles. The van der Waals surface area contributed by atoms with Gasteiger partial charge in [-0.1, -0.05) is 55.8 Å². The van der Waals surface area contributed by atoms with Crippen LogP contribution in [0.15, 0.2) is 54.6 Å². The molecule has 0 fully saturated rings. The second-order valence-corrected chi connectivity index (χ2v) is 8.44. The van der Waals surface area contributed by atoms with Gasteiger partial charge in [-0.15, -0.1) is 0 Å². The van der Waals surface area contributed by atoms with Gasteiger partial charge in [0.25, 0.3) is 0 Å². The summed E-state index contributed by atoms with van der Waals surface area (Å²) in [5, 5.41) is 5.17. The Hall–Kier alpha value is -2.35. The number of esters is 1.